The first-order chi connectivity index (χ1) is 31.5. The van der Waals surface area contributed by atoms with Crippen LogP contribution in [-0.2, 0) is 28.6 Å². The van der Waals surface area contributed by atoms with Crippen molar-refractivity contribution in [2.45, 2.75) is 264 Å². The number of allylic oxidation sites excluding steroid dienone is 12. The van der Waals surface area contributed by atoms with Gasteiger partial charge in [-0.2, -0.15) is 0 Å². The van der Waals surface area contributed by atoms with Crippen LogP contribution in [-0.4, -0.2) is 37.2 Å². The molecule has 0 spiro atoms. The van der Waals surface area contributed by atoms with E-state index in [-0.39, 0.29) is 31.1 Å². The van der Waals surface area contributed by atoms with E-state index in [2.05, 4.69) is 93.7 Å². The zero-order chi connectivity index (χ0) is 46.5. The van der Waals surface area contributed by atoms with Gasteiger partial charge in [-0.05, 0) is 57.8 Å². The topological polar surface area (TPSA) is 78.9 Å². The maximum absolute atomic E-state index is 12.8. The van der Waals surface area contributed by atoms with Crippen LogP contribution in [0, 0.1) is 0 Å². The monoisotopic (exact) mass is 893 g/mol. The van der Waals surface area contributed by atoms with Crippen LogP contribution in [0.3, 0.4) is 0 Å². The summed E-state index contributed by atoms with van der Waals surface area (Å²) in [6.45, 7) is 6.37. The smallest absolute Gasteiger partial charge is 0.306 e. The average Bonchev–Trinajstić information content (AvgIpc) is 3.29. The Labute approximate surface area is 395 Å². The Bertz CT molecular complexity index is 1210. The molecule has 6 heteroatoms. The van der Waals surface area contributed by atoms with Gasteiger partial charge in [0.1, 0.15) is 13.2 Å². The lowest BCUT2D eigenvalue weighted by atomic mass is 10.0. The molecule has 0 radical (unpaired) electrons. The van der Waals surface area contributed by atoms with Crippen LogP contribution >= 0.6 is 0 Å². The van der Waals surface area contributed by atoms with Gasteiger partial charge in [-0.3, -0.25) is 14.4 Å². The van der Waals surface area contributed by atoms with Crippen LogP contribution in [0.2, 0.25) is 0 Å². The Morgan fingerprint density at radius 2 is 0.609 bits per heavy atom. The molecule has 0 rings (SSSR count). The Balaban J connectivity index is 4.37. The van der Waals surface area contributed by atoms with Crippen LogP contribution in [0.5, 0.6) is 0 Å². The molecule has 0 aromatic rings. The molecule has 0 heterocycles. The number of hydrogen-bond donors (Lipinski definition) is 0. The minimum absolute atomic E-state index is 0.0854. The number of carbonyl (C=O) groups is 3. The van der Waals surface area contributed by atoms with E-state index in [1.807, 2.05) is 0 Å². The number of esters is 3. The van der Waals surface area contributed by atoms with Crippen molar-refractivity contribution in [1.29, 1.82) is 0 Å². The maximum atomic E-state index is 12.8. The van der Waals surface area contributed by atoms with Crippen LogP contribution in [0.1, 0.15) is 258 Å². The minimum atomic E-state index is -0.788. The van der Waals surface area contributed by atoms with Crippen LogP contribution < -0.4 is 0 Å². The molecule has 64 heavy (non-hydrogen) atoms. The molecule has 1 unspecified atom stereocenters. The molecule has 1 atom stereocenters. The predicted molar refractivity (Wildman–Crippen MR) is 274 cm³/mol. The van der Waals surface area contributed by atoms with Gasteiger partial charge >= 0.3 is 17.9 Å². The van der Waals surface area contributed by atoms with Gasteiger partial charge in [-0.25, -0.2) is 0 Å². The number of ether oxygens (including phenoxy) is 3. The van der Waals surface area contributed by atoms with Crippen molar-refractivity contribution in [3.63, 3.8) is 0 Å². The van der Waals surface area contributed by atoms with E-state index < -0.39 is 6.10 Å². The van der Waals surface area contributed by atoms with E-state index in [1.165, 1.54) is 122 Å². The fourth-order valence-electron chi connectivity index (χ4n) is 7.56. The summed E-state index contributed by atoms with van der Waals surface area (Å²) in [6.07, 6.45) is 66.0. The van der Waals surface area contributed by atoms with Gasteiger partial charge in [-0.1, -0.05) is 254 Å². The predicted octanol–water partition coefficient (Wildman–Crippen LogP) is 17.8. The second-order valence-electron chi connectivity index (χ2n) is 17.9. The molecule has 0 saturated heterocycles. The van der Waals surface area contributed by atoms with Crippen molar-refractivity contribution in [3.8, 4) is 0 Å². The zero-order valence-corrected chi connectivity index (χ0v) is 42.0. The van der Waals surface area contributed by atoms with Crippen molar-refractivity contribution in [2.75, 3.05) is 13.2 Å². The third kappa shape index (κ3) is 49.9. The van der Waals surface area contributed by atoms with Gasteiger partial charge in [0.2, 0.25) is 0 Å². The van der Waals surface area contributed by atoms with Crippen molar-refractivity contribution in [1.82, 2.24) is 0 Å². The lowest BCUT2D eigenvalue weighted by Gasteiger charge is -2.18. The molecule has 0 N–H and O–H groups in total. The Morgan fingerprint density at radius 1 is 0.328 bits per heavy atom. The van der Waals surface area contributed by atoms with Gasteiger partial charge in [0, 0.05) is 19.3 Å². The molecule has 0 aliphatic carbocycles. The highest BCUT2D eigenvalue weighted by Gasteiger charge is 2.19. The number of rotatable bonds is 48. The normalized spacial score (nSPS) is 12.6. The standard InChI is InChI=1S/C58H100O6/c1-4-7-10-13-16-19-22-25-27-28-29-31-33-36-39-42-45-48-51-57(60)63-54-55(53-62-56(59)50-47-44-41-38-35-32-24-21-18-15-12-9-6-3)64-58(61)52-49-46-43-40-37-34-30-26-23-20-17-14-11-8-5-2/h8-9,11-12,14-15,17-18,20-21,23-24,55H,4-7,10,13,16,19,22,25-54H2,1-3H3/b11-8-,12-9-,17-14-,18-15-,23-20-,24-21-. The first kappa shape index (κ1) is 60.9. The second-order valence-corrected chi connectivity index (χ2v) is 17.9. The van der Waals surface area contributed by atoms with E-state index in [4.69, 9.17) is 14.2 Å². The highest BCUT2D eigenvalue weighted by atomic mass is 16.6. The van der Waals surface area contributed by atoms with Gasteiger partial charge in [-0.15, -0.1) is 0 Å². The quantitative estimate of drug-likeness (QED) is 0.0262. The fraction of sp³-hybridized carbons (Fsp3) is 0.741. The molecule has 0 saturated carbocycles. The molecular weight excluding hydrogens is 793 g/mol. The Hall–Kier alpha value is -3.15. The largest absolute Gasteiger partial charge is 0.462 e. The van der Waals surface area contributed by atoms with Gasteiger partial charge in [0.25, 0.3) is 0 Å². The molecule has 0 aromatic carbocycles. The first-order valence-electron chi connectivity index (χ1n) is 27.0. The Kier molecular flexibility index (Phi) is 49.9. The summed E-state index contributed by atoms with van der Waals surface area (Å²) >= 11 is 0. The summed E-state index contributed by atoms with van der Waals surface area (Å²) in [5.74, 6) is -0.913. The molecular formula is C58H100O6. The molecule has 6 nitrogen and oxygen atoms in total. The lowest BCUT2D eigenvalue weighted by Crippen LogP contribution is -2.30. The summed E-state index contributed by atoms with van der Waals surface area (Å²) in [5, 5.41) is 0. The van der Waals surface area contributed by atoms with Gasteiger partial charge < -0.3 is 14.2 Å². The summed E-state index contributed by atoms with van der Waals surface area (Å²) in [7, 11) is 0. The Morgan fingerprint density at radius 3 is 0.938 bits per heavy atom. The third-order valence-corrected chi connectivity index (χ3v) is 11.6. The number of hydrogen-bond acceptors (Lipinski definition) is 6. The summed E-state index contributed by atoms with van der Waals surface area (Å²) in [5.41, 5.74) is 0. The van der Waals surface area contributed by atoms with E-state index in [0.717, 1.165) is 96.3 Å². The molecule has 0 amide bonds. The van der Waals surface area contributed by atoms with Gasteiger partial charge in [0.05, 0.1) is 0 Å². The summed E-state index contributed by atoms with van der Waals surface area (Å²) in [4.78, 5) is 38.0. The van der Waals surface area contributed by atoms with Gasteiger partial charge in [0.15, 0.2) is 6.10 Å². The molecule has 368 valence electrons. The average molecular weight is 893 g/mol. The zero-order valence-electron chi connectivity index (χ0n) is 42.0. The first-order valence-corrected chi connectivity index (χ1v) is 27.0. The lowest BCUT2D eigenvalue weighted by molar-refractivity contribution is -0.167. The highest BCUT2D eigenvalue weighted by molar-refractivity contribution is 5.71. The molecule has 0 aliphatic heterocycles. The minimum Gasteiger partial charge on any atom is -0.462 e. The van der Waals surface area contributed by atoms with Crippen molar-refractivity contribution < 1.29 is 28.6 Å². The molecule has 0 fully saturated rings. The van der Waals surface area contributed by atoms with Crippen molar-refractivity contribution in [2.24, 2.45) is 0 Å². The molecule has 0 bridgehead atoms. The van der Waals surface area contributed by atoms with Crippen LogP contribution in [0.4, 0.5) is 0 Å². The second kappa shape index (κ2) is 52.5. The fourth-order valence-corrected chi connectivity index (χ4v) is 7.56. The SMILES string of the molecule is CC\C=C/C=C\C=C/CCCCCCCCCC(=O)OC(COC(=O)CCCCCCC\C=C/C=C\C=C/CC)COC(=O)CCCCCCCCCCCCCCCCCCCC. The number of carbonyl (C=O) groups excluding carboxylic acids is 3. The molecule has 0 aliphatic rings. The molecule has 0 aromatic heterocycles. The summed E-state index contributed by atoms with van der Waals surface area (Å²) < 4.78 is 16.8. The van der Waals surface area contributed by atoms with E-state index in [0.29, 0.717) is 19.3 Å². The highest BCUT2D eigenvalue weighted by Crippen LogP contribution is 2.16. The van der Waals surface area contributed by atoms with Crippen molar-refractivity contribution >= 4 is 17.9 Å². The summed E-state index contributed by atoms with van der Waals surface area (Å²) in [6, 6.07) is 0. The third-order valence-electron chi connectivity index (χ3n) is 11.6. The maximum Gasteiger partial charge on any atom is 0.306 e. The van der Waals surface area contributed by atoms with E-state index >= 15 is 0 Å². The van der Waals surface area contributed by atoms with E-state index in [9.17, 15) is 14.4 Å². The van der Waals surface area contributed by atoms with Crippen molar-refractivity contribution in [3.05, 3.63) is 72.9 Å². The van der Waals surface area contributed by atoms with Crippen LogP contribution in [0.15, 0.2) is 72.9 Å². The van der Waals surface area contributed by atoms with Crippen LogP contribution in [0.25, 0.3) is 0 Å². The number of unbranched alkanes of at least 4 members (excludes halogenated alkanes) is 29. The van der Waals surface area contributed by atoms with E-state index in [1.54, 1.807) is 0 Å².